The van der Waals surface area contributed by atoms with Gasteiger partial charge in [0, 0.05) is 12.2 Å². The third-order valence-corrected chi connectivity index (χ3v) is 5.47. The number of rotatable bonds is 4. The summed E-state index contributed by atoms with van der Waals surface area (Å²) in [5, 5.41) is 9.78. The van der Waals surface area contributed by atoms with E-state index in [1.165, 1.54) is 11.3 Å². The van der Waals surface area contributed by atoms with Crippen LogP contribution in [-0.2, 0) is 4.74 Å². The number of carbonyl (C=O) groups is 1. The maximum Gasteiger partial charge on any atom is 0.260 e. The van der Waals surface area contributed by atoms with Crippen LogP contribution in [0.3, 0.4) is 0 Å². The first-order valence-corrected chi connectivity index (χ1v) is 9.35. The molecule has 1 aliphatic rings. The lowest BCUT2D eigenvalue weighted by Crippen LogP contribution is -2.37. The summed E-state index contributed by atoms with van der Waals surface area (Å²) in [4.78, 5) is 19.5. The smallest absolute Gasteiger partial charge is 0.260 e. The molecule has 1 amide bonds. The maximum atomic E-state index is 13.2. The van der Waals surface area contributed by atoms with Crippen LogP contribution in [0.25, 0.3) is 10.2 Å². The molecule has 0 radical (unpaired) electrons. The number of hydrogen-bond donors (Lipinski definition) is 0. The summed E-state index contributed by atoms with van der Waals surface area (Å²) in [6, 6.07) is 16.7. The maximum absolute atomic E-state index is 13.2. The van der Waals surface area contributed by atoms with Crippen LogP contribution >= 0.6 is 11.3 Å². The van der Waals surface area contributed by atoms with Crippen molar-refractivity contribution in [1.82, 2.24) is 4.98 Å². The van der Waals surface area contributed by atoms with Gasteiger partial charge in [0.15, 0.2) is 5.13 Å². The molecule has 0 saturated carbocycles. The van der Waals surface area contributed by atoms with E-state index in [9.17, 15) is 4.79 Å². The van der Waals surface area contributed by atoms with Gasteiger partial charge in [0.05, 0.1) is 34.5 Å². The molecule has 0 bridgehead atoms. The second-order valence-electron chi connectivity index (χ2n) is 6.21. The Morgan fingerprint density at radius 2 is 2.19 bits per heavy atom. The van der Waals surface area contributed by atoms with Crippen molar-refractivity contribution in [3.8, 4) is 6.07 Å². The molecule has 1 aliphatic heterocycles. The van der Waals surface area contributed by atoms with Crippen LogP contribution in [0.1, 0.15) is 28.8 Å². The Labute approximate surface area is 155 Å². The van der Waals surface area contributed by atoms with Gasteiger partial charge < -0.3 is 4.74 Å². The second kappa shape index (κ2) is 7.24. The number of nitriles is 1. The molecule has 1 atom stereocenters. The number of benzene rings is 2. The van der Waals surface area contributed by atoms with Gasteiger partial charge in [-0.25, -0.2) is 4.98 Å². The quantitative estimate of drug-likeness (QED) is 0.703. The minimum absolute atomic E-state index is 0.0186. The van der Waals surface area contributed by atoms with Crippen LogP contribution in [0, 0.1) is 11.3 Å². The third-order valence-electron chi connectivity index (χ3n) is 4.41. The van der Waals surface area contributed by atoms with E-state index < -0.39 is 0 Å². The van der Waals surface area contributed by atoms with Crippen molar-refractivity contribution in [3.63, 3.8) is 0 Å². The fourth-order valence-electron chi connectivity index (χ4n) is 3.09. The first-order chi connectivity index (χ1) is 12.7. The molecular weight excluding hydrogens is 346 g/mol. The minimum Gasteiger partial charge on any atom is -0.376 e. The zero-order valence-corrected chi connectivity index (χ0v) is 14.9. The average molecular weight is 363 g/mol. The van der Waals surface area contributed by atoms with Crippen molar-refractivity contribution >= 4 is 32.6 Å². The molecule has 1 saturated heterocycles. The lowest BCUT2D eigenvalue weighted by atomic mass is 10.1. The first-order valence-electron chi connectivity index (χ1n) is 8.54. The highest BCUT2D eigenvalue weighted by atomic mass is 32.1. The standard InChI is InChI=1S/C20H17N3O2S/c21-12-14-5-3-6-15(11-14)19(24)23(13-16-7-4-10-25-16)20-22-17-8-1-2-9-18(17)26-20/h1-3,5-6,8-9,11,16H,4,7,10,13H2. The number of para-hydroxylation sites is 1. The number of nitrogens with zero attached hydrogens (tertiary/aromatic N) is 3. The molecule has 2 heterocycles. The molecule has 1 fully saturated rings. The number of amides is 1. The van der Waals surface area contributed by atoms with Crippen molar-refractivity contribution in [2.24, 2.45) is 0 Å². The van der Waals surface area contributed by atoms with Gasteiger partial charge in [-0.15, -0.1) is 0 Å². The number of ether oxygens (including phenoxy) is 1. The van der Waals surface area contributed by atoms with Crippen molar-refractivity contribution < 1.29 is 9.53 Å². The molecule has 6 heteroatoms. The SMILES string of the molecule is N#Cc1cccc(C(=O)N(CC2CCCO2)c2nc3ccccc3s2)c1. The molecule has 130 valence electrons. The second-order valence-corrected chi connectivity index (χ2v) is 7.22. The number of anilines is 1. The van der Waals surface area contributed by atoms with Crippen LogP contribution in [0.2, 0.25) is 0 Å². The summed E-state index contributed by atoms with van der Waals surface area (Å²) in [7, 11) is 0. The highest BCUT2D eigenvalue weighted by molar-refractivity contribution is 7.22. The number of hydrogen-bond acceptors (Lipinski definition) is 5. The van der Waals surface area contributed by atoms with E-state index >= 15 is 0 Å². The Morgan fingerprint density at radius 1 is 1.31 bits per heavy atom. The molecule has 5 nitrogen and oxygen atoms in total. The van der Waals surface area contributed by atoms with Gasteiger partial charge in [-0.1, -0.05) is 29.5 Å². The van der Waals surface area contributed by atoms with Crippen molar-refractivity contribution in [1.29, 1.82) is 5.26 Å². The van der Waals surface area contributed by atoms with Crippen LogP contribution in [-0.4, -0.2) is 30.1 Å². The normalized spacial score (nSPS) is 16.5. The summed E-state index contributed by atoms with van der Waals surface area (Å²) in [5.41, 5.74) is 1.84. The first kappa shape index (κ1) is 16.7. The van der Waals surface area contributed by atoms with Gasteiger partial charge in [0.1, 0.15) is 0 Å². The van der Waals surface area contributed by atoms with E-state index in [0.29, 0.717) is 22.8 Å². The number of carbonyl (C=O) groups excluding carboxylic acids is 1. The highest BCUT2D eigenvalue weighted by Crippen LogP contribution is 2.30. The van der Waals surface area contributed by atoms with E-state index in [1.807, 2.05) is 24.3 Å². The predicted octanol–water partition coefficient (Wildman–Crippen LogP) is 3.99. The molecule has 3 aromatic rings. The topological polar surface area (TPSA) is 66.2 Å². The monoisotopic (exact) mass is 363 g/mol. The van der Waals surface area contributed by atoms with Crippen LogP contribution in [0.5, 0.6) is 0 Å². The lowest BCUT2D eigenvalue weighted by molar-refractivity contribution is 0.0917. The zero-order chi connectivity index (χ0) is 17.9. The van der Waals surface area contributed by atoms with Gasteiger partial charge in [-0.3, -0.25) is 9.69 Å². The molecule has 0 aliphatic carbocycles. The summed E-state index contributed by atoms with van der Waals surface area (Å²) < 4.78 is 6.78. The van der Waals surface area contributed by atoms with E-state index in [1.54, 1.807) is 29.2 Å². The van der Waals surface area contributed by atoms with Gasteiger partial charge >= 0.3 is 0 Å². The molecule has 4 rings (SSSR count). The molecule has 26 heavy (non-hydrogen) atoms. The van der Waals surface area contributed by atoms with Crippen LogP contribution in [0.4, 0.5) is 5.13 Å². The Bertz CT molecular complexity index is 953. The summed E-state index contributed by atoms with van der Waals surface area (Å²) >= 11 is 1.50. The zero-order valence-electron chi connectivity index (χ0n) is 14.1. The number of fused-ring (bicyclic) bond motifs is 1. The van der Waals surface area contributed by atoms with Gasteiger partial charge in [-0.05, 0) is 43.2 Å². The Kier molecular flexibility index (Phi) is 4.65. The third kappa shape index (κ3) is 3.32. The Hall–Kier alpha value is -2.75. The summed E-state index contributed by atoms with van der Waals surface area (Å²) in [6.45, 7) is 1.20. The summed E-state index contributed by atoms with van der Waals surface area (Å²) in [6.07, 6.45) is 1.97. The van der Waals surface area contributed by atoms with Crippen LogP contribution < -0.4 is 4.90 Å². The molecule has 0 N–H and O–H groups in total. The summed E-state index contributed by atoms with van der Waals surface area (Å²) in [5.74, 6) is -0.156. The fourth-order valence-corrected chi connectivity index (χ4v) is 4.07. The van der Waals surface area contributed by atoms with Gasteiger partial charge in [0.25, 0.3) is 5.91 Å². The number of aromatic nitrogens is 1. The fraction of sp³-hybridized carbons (Fsp3) is 0.250. The lowest BCUT2D eigenvalue weighted by Gasteiger charge is -2.23. The van der Waals surface area contributed by atoms with Gasteiger partial charge in [0.2, 0.25) is 0 Å². The highest BCUT2D eigenvalue weighted by Gasteiger charge is 2.27. The number of thiazole rings is 1. The van der Waals surface area contributed by atoms with Crippen molar-refractivity contribution in [3.05, 3.63) is 59.7 Å². The molecule has 1 aromatic heterocycles. The molecular formula is C20H17N3O2S. The van der Waals surface area contributed by atoms with Crippen molar-refractivity contribution in [2.75, 3.05) is 18.1 Å². The molecule has 2 aromatic carbocycles. The minimum atomic E-state index is -0.156. The largest absolute Gasteiger partial charge is 0.376 e. The molecule has 1 unspecified atom stereocenters. The van der Waals surface area contributed by atoms with E-state index in [4.69, 9.17) is 10.00 Å². The predicted molar refractivity (Wildman–Crippen MR) is 101 cm³/mol. The Morgan fingerprint density at radius 3 is 2.96 bits per heavy atom. The van der Waals surface area contributed by atoms with E-state index in [0.717, 1.165) is 29.7 Å². The Balaban J connectivity index is 1.71. The molecule has 0 spiro atoms. The van der Waals surface area contributed by atoms with E-state index in [-0.39, 0.29) is 12.0 Å². The van der Waals surface area contributed by atoms with Crippen LogP contribution in [0.15, 0.2) is 48.5 Å². The van der Waals surface area contributed by atoms with Crippen molar-refractivity contribution in [2.45, 2.75) is 18.9 Å². The van der Waals surface area contributed by atoms with E-state index in [2.05, 4.69) is 11.1 Å². The van der Waals surface area contributed by atoms with Gasteiger partial charge in [-0.2, -0.15) is 5.26 Å². The average Bonchev–Trinajstić information content (AvgIpc) is 3.34.